The summed E-state index contributed by atoms with van der Waals surface area (Å²) in [5.74, 6) is -1.64. The second-order valence-electron chi connectivity index (χ2n) is 6.48. The second kappa shape index (κ2) is 8.31. The van der Waals surface area contributed by atoms with Crippen molar-refractivity contribution in [2.45, 2.75) is 46.7 Å². The first-order chi connectivity index (χ1) is 11.1. The maximum atomic E-state index is 12.2. The van der Waals surface area contributed by atoms with E-state index in [0.717, 1.165) is 0 Å². The van der Waals surface area contributed by atoms with Gasteiger partial charge in [0.2, 0.25) is 19.4 Å². The SMILES string of the molecule is CC1(C)[C@H](CC(=O)N[C@H](O)C(Cl)(Cl)Cl)C[C@@H]1C(=O)N[C@H](O)C(Cl)(Cl)Cl. The molecule has 12 heteroatoms. The molecule has 1 aliphatic carbocycles. The molecule has 1 fully saturated rings. The highest BCUT2D eigenvalue weighted by Gasteiger charge is 2.53. The minimum Gasteiger partial charge on any atom is -0.369 e. The standard InChI is InChI=1S/C13H18Cl6N2O4/c1-11(2)5(4-7(22)20-9(24)12(14,15)16)3-6(11)8(23)21-10(25)13(17,18)19/h5-6,9-10,24-25H,3-4H2,1-2H3,(H,20,22)(H,21,23)/t5-,6+,9+,10+/m0/s1. The number of halogens is 6. The van der Waals surface area contributed by atoms with E-state index in [9.17, 15) is 19.8 Å². The van der Waals surface area contributed by atoms with E-state index in [1.54, 1.807) is 13.8 Å². The molecule has 0 unspecified atom stereocenters. The molecule has 25 heavy (non-hydrogen) atoms. The van der Waals surface area contributed by atoms with Gasteiger partial charge in [0.05, 0.1) is 0 Å². The van der Waals surface area contributed by atoms with Gasteiger partial charge in [-0.2, -0.15) is 0 Å². The third-order valence-electron chi connectivity index (χ3n) is 4.42. The maximum absolute atomic E-state index is 12.2. The summed E-state index contributed by atoms with van der Waals surface area (Å²) in [6.45, 7) is 3.59. The van der Waals surface area contributed by atoms with Crippen molar-refractivity contribution in [2.75, 3.05) is 0 Å². The summed E-state index contributed by atoms with van der Waals surface area (Å²) >= 11 is 32.9. The lowest BCUT2D eigenvalue weighted by atomic mass is 9.53. The van der Waals surface area contributed by atoms with Crippen LogP contribution in [0.4, 0.5) is 0 Å². The van der Waals surface area contributed by atoms with Crippen molar-refractivity contribution in [3.63, 3.8) is 0 Å². The predicted octanol–water partition coefficient (Wildman–Crippen LogP) is 2.65. The van der Waals surface area contributed by atoms with E-state index < -0.39 is 43.2 Å². The van der Waals surface area contributed by atoms with Crippen LogP contribution in [-0.4, -0.2) is 42.1 Å². The summed E-state index contributed by atoms with van der Waals surface area (Å²) in [6.07, 6.45) is -2.89. The summed E-state index contributed by atoms with van der Waals surface area (Å²) in [5.41, 5.74) is -0.556. The lowest BCUT2D eigenvalue weighted by molar-refractivity contribution is -0.147. The normalized spacial score (nSPS) is 25.5. The van der Waals surface area contributed by atoms with Crippen LogP contribution in [0.15, 0.2) is 0 Å². The number of rotatable bonds is 5. The van der Waals surface area contributed by atoms with Gasteiger partial charge in [0.1, 0.15) is 0 Å². The molecule has 4 atom stereocenters. The fourth-order valence-electron chi connectivity index (χ4n) is 2.64. The maximum Gasteiger partial charge on any atom is 0.234 e. The highest BCUT2D eigenvalue weighted by Crippen LogP contribution is 2.53. The molecule has 146 valence electrons. The second-order valence-corrected chi connectivity index (χ2v) is 11.2. The number of hydrogen-bond donors (Lipinski definition) is 4. The van der Waals surface area contributed by atoms with E-state index in [1.165, 1.54) is 0 Å². The quantitative estimate of drug-likeness (QED) is 0.360. The van der Waals surface area contributed by atoms with Gasteiger partial charge < -0.3 is 20.8 Å². The lowest BCUT2D eigenvalue weighted by Gasteiger charge is -2.51. The number of alkyl halides is 6. The van der Waals surface area contributed by atoms with Gasteiger partial charge in [0.15, 0.2) is 12.5 Å². The molecule has 0 heterocycles. The Morgan fingerprint density at radius 2 is 1.48 bits per heavy atom. The van der Waals surface area contributed by atoms with Gasteiger partial charge in [-0.05, 0) is 17.8 Å². The van der Waals surface area contributed by atoms with Crippen LogP contribution in [0.5, 0.6) is 0 Å². The average Bonchev–Trinajstić information content (AvgIpc) is 2.40. The molecule has 0 aromatic carbocycles. The number of carbonyl (C=O) groups excluding carboxylic acids is 2. The average molecular weight is 479 g/mol. The van der Waals surface area contributed by atoms with E-state index >= 15 is 0 Å². The summed E-state index contributed by atoms with van der Waals surface area (Å²) in [6, 6.07) is 0. The first kappa shape index (κ1) is 23.6. The lowest BCUT2D eigenvalue weighted by Crippen LogP contribution is -2.57. The van der Waals surface area contributed by atoms with Crippen LogP contribution in [0.3, 0.4) is 0 Å². The largest absolute Gasteiger partial charge is 0.369 e. The van der Waals surface area contributed by atoms with E-state index in [1.807, 2.05) is 0 Å². The zero-order chi connectivity index (χ0) is 19.8. The summed E-state index contributed by atoms with van der Waals surface area (Å²) < 4.78 is -4.09. The number of carbonyl (C=O) groups is 2. The van der Waals surface area contributed by atoms with Crippen LogP contribution in [0, 0.1) is 17.3 Å². The molecular weight excluding hydrogens is 461 g/mol. The van der Waals surface area contributed by atoms with Gasteiger partial charge in [-0.3, -0.25) is 9.59 Å². The molecule has 1 aliphatic rings. The van der Waals surface area contributed by atoms with Crippen LogP contribution in [0.25, 0.3) is 0 Å². The highest BCUT2D eigenvalue weighted by molar-refractivity contribution is 6.68. The Morgan fingerprint density at radius 3 is 1.88 bits per heavy atom. The Hall–Kier alpha value is 0.600. The Labute approximate surface area is 175 Å². The molecule has 6 nitrogen and oxygen atoms in total. The first-order valence-electron chi connectivity index (χ1n) is 7.16. The number of hydrogen-bond acceptors (Lipinski definition) is 4. The fraction of sp³-hybridized carbons (Fsp3) is 0.846. The molecule has 0 radical (unpaired) electrons. The molecule has 4 N–H and O–H groups in total. The molecule has 0 spiro atoms. The van der Waals surface area contributed by atoms with Gasteiger partial charge in [-0.25, -0.2) is 0 Å². The van der Waals surface area contributed by atoms with Gasteiger partial charge >= 0.3 is 0 Å². The number of aliphatic hydroxyl groups is 2. The van der Waals surface area contributed by atoms with Gasteiger partial charge in [-0.15, -0.1) is 0 Å². The predicted molar refractivity (Wildman–Crippen MR) is 98.9 cm³/mol. The molecule has 0 aromatic heterocycles. The monoisotopic (exact) mass is 476 g/mol. The van der Waals surface area contributed by atoms with Crippen LogP contribution in [-0.2, 0) is 9.59 Å². The molecule has 1 saturated carbocycles. The minimum absolute atomic E-state index is 0.0294. The molecule has 2 amide bonds. The van der Waals surface area contributed by atoms with Crippen molar-refractivity contribution in [1.82, 2.24) is 10.6 Å². The fourth-order valence-corrected chi connectivity index (χ4v) is 2.97. The van der Waals surface area contributed by atoms with Gasteiger partial charge in [-0.1, -0.05) is 83.5 Å². The molecule has 0 aliphatic heterocycles. The van der Waals surface area contributed by atoms with E-state index in [2.05, 4.69) is 10.6 Å². The zero-order valence-electron chi connectivity index (χ0n) is 13.2. The van der Waals surface area contributed by atoms with Crippen LogP contribution in [0.1, 0.15) is 26.7 Å². The summed E-state index contributed by atoms with van der Waals surface area (Å²) in [4.78, 5) is 24.1. The number of nitrogens with one attached hydrogen (secondary N) is 2. The zero-order valence-corrected chi connectivity index (χ0v) is 17.7. The summed E-state index contributed by atoms with van der Waals surface area (Å²) in [5, 5.41) is 23.6. The third kappa shape index (κ3) is 6.32. The van der Waals surface area contributed by atoms with Crippen molar-refractivity contribution in [3.05, 3.63) is 0 Å². The van der Waals surface area contributed by atoms with Crippen LogP contribution < -0.4 is 10.6 Å². The first-order valence-corrected chi connectivity index (χ1v) is 9.43. The van der Waals surface area contributed by atoms with Crippen molar-refractivity contribution in [1.29, 1.82) is 0 Å². The van der Waals surface area contributed by atoms with Crippen molar-refractivity contribution >= 4 is 81.4 Å². The Balaban J connectivity index is 2.58. The van der Waals surface area contributed by atoms with Crippen molar-refractivity contribution in [2.24, 2.45) is 17.3 Å². The number of aliphatic hydroxyl groups excluding tert-OH is 2. The van der Waals surface area contributed by atoms with E-state index in [0.29, 0.717) is 6.42 Å². The Morgan fingerprint density at radius 1 is 1.04 bits per heavy atom. The topological polar surface area (TPSA) is 98.7 Å². The minimum atomic E-state index is -2.05. The molecule has 1 rings (SSSR count). The molecule has 0 saturated heterocycles. The van der Waals surface area contributed by atoms with Crippen molar-refractivity contribution < 1.29 is 19.8 Å². The van der Waals surface area contributed by atoms with Crippen LogP contribution in [0.2, 0.25) is 0 Å². The van der Waals surface area contributed by atoms with E-state index in [-0.39, 0.29) is 12.3 Å². The van der Waals surface area contributed by atoms with Gasteiger partial charge in [0.25, 0.3) is 0 Å². The van der Waals surface area contributed by atoms with Crippen LogP contribution >= 0.6 is 69.6 Å². The Bertz CT molecular complexity index is 520. The van der Waals surface area contributed by atoms with E-state index in [4.69, 9.17) is 69.6 Å². The number of amides is 2. The highest BCUT2D eigenvalue weighted by atomic mass is 35.6. The molecule has 0 bridgehead atoms. The molecular formula is C13H18Cl6N2O4. The van der Waals surface area contributed by atoms with Gasteiger partial charge in [0, 0.05) is 12.3 Å². The molecule has 0 aromatic rings. The smallest absolute Gasteiger partial charge is 0.234 e. The Kier molecular flexibility index (Phi) is 7.86. The summed E-state index contributed by atoms with van der Waals surface area (Å²) in [7, 11) is 0. The van der Waals surface area contributed by atoms with Crippen molar-refractivity contribution in [3.8, 4) is 0 Å². The third-order valence-corrected chi connectivity index (χ3v) is 5.66.